The van der Waals surface area contributed by atoms with Gasteiger partial charge in [0.2, 0.25) is 10.0 Å². The molecule has 140 valence electrons. The third-order valence-electron chi connectivity index (χ3n) is 4.37. The smallest absolute Gasteiger partial charge is 0.321 e. The number of sulfonamides is 1. The van der Waals surface area contributed by atoms with Gasteiger partial charge in [-0.15, -0.1) is 0 Å². The minimum absolute atomic E-state index is 0.225. The fourth-order valence-corrected chi connectivity index (χ4v) is 3.74. The SMILES string of the molecule is CN(C(=O)NCc1cc2n(n1)CCCN(S(C)(=O)=O)C2)c1ccccc1. The molecular formula is C17H23N5O3S. The predicted octanol–water partition coefficient (Wildman–Crippen LogP) is 1.39. The Morgan fingerprint density at radius 3 is 2.69 bits per heavy atom. The summed E-state index contributed by atoms with van der Waals surface area (Å²) in [6.07, 6.45) is 1.93. The van der Waals surface area contributed by atoms with E-state index < -0.39 is 10.0 Å². The van der Waals surface area contributed by atoms with Crippen LogP contribution in [0.4, 0.5) is 10.5 Å². The molecular weight excluding hydrogens is 354 g/mol. The Labute approximate surface area is 153 Å². The van der Waals surface area contributed by atoms with E-state index in [2.05, 4.69) is 10.4 Å². The van der Waals surface area contributed by atoms with Gasteiger partial charge in [-0.05, 0) is 24.6 Å². The number of carbonyl (C=O) groups is 1. The molecule has 0 saturated heterocycles. The first-order valence-electron chi connectivity index (χ1n) is 8.42. The van der Waals surface area contributed by atoms with Crippen LogP contribution in [0, 0.1) is 0 Å². The van der Waals surface area contributed by atoms with Gasteiger partial charge in [-0.2, -0.15) is 9.40 Å². The molecule has 1 aliphatic rings. The molecule has 0 unspecified atom stereocenters. The second-order valence-corrected chi connectivity index (χ2v) is 8.34. The van der Waals surface area contributed by atoms with Crippen molar-refractivity contribution in [3.05, 3.63) is 47.8 Å². The van der Waals surface area contributed by atoms with Crippen molar-refractivity contribution in [2.75, 3.05) is 24.7 Å². The van der Waals surface area contributed by atoms with E-state index in [1.54, 1.807) is 7.05 Å². The van der Waals surface area contributed by atoms with Gasteiger partial charge >= 0.3 is 6.03 Å². The summed E-state index contributed by atoms with van der Waals surface area (Å²) in [6.45, 7) is 1.76. The molecule has 2 heterocycles. The summed E-state index contributed by atoms with van der Waals surface area (Å²) in [5, 5.41) is 7.34. The summed E-state index contributed by atoms with van der Waals surface area (Å²) in [7, 11) is -1.53. The van der Waals surface area contributed by atoms with Gasteiger partial charge < -0.3 is 5.32 Å². The highest BCUT2D eigenvalue weighted by Gasteiger charge is 2.23. The lowest BCUT2D eigenvalue weighted by Gasteiger charge is -2.17. The molecule has 1 aliphatic heterocycles. The van der Waals surface area contributed by atoms with Crippen molar-refractivity contribution in [3.63, 3.8) is 0 Å². The normalized spacial score (nSPS) is 15.2. The van der Waals surface area contributed by atoms with Crippen molar-refractivity contribution in [1.29, 1.82) is 0 Å². The zero-order valence-corrected chi connectivity index (χ0v) is 15.7. The summed E-state index contributed by atoms with van der Waals surface area (Å²) in [4.78, 5) is 13.8. The van der Waals surface area contributed by atoms with Crippen LogP contribution in [0.1, 0.15) is 17.8 Å². The Morgan fingerprint density at radius 1 is 1.27 bits per heavy atom. The lowest BCUT2D eigenvalue weighted by molar-refractivity contribution is 0.247. The lowest BCUT2D eigenvalue weighted by atomic mass is 10.3. The number of nitrogens with zero attached hydrogens (tertiary/aromatic N) is 4. The number of benzene rings is 1. The first-order chi connectivity index (χ1) is 12.3. The van der Waals surface area contributed by atoms with Gasteiger partial charge in [0.1, 0.15) is 0 Å². The van der Waals surface area contributed by atoms with Gasteiger partial charge in [0, 0.05) is 25.8 Å². The van der Waals surface area contributed by atoms with Crippen molar-refractivity contribution in [3.8, 4) is 0 Å². The van der Waals surface area contributed by atoms with Crippen molar-refractivity contribution in [1.82, 2.24) is 19.4 Å². The third kappa shape index (κ3) is 4.23. The number of aryl methyl sites for hydroxylation is 1. The van der Waals surface area contributed by atoms with Gasteiger partial charge in [-0.1, -0.05) is 18.2 Å². The molecule has 2 amide bonds. The summed E-state index contributed by atoms with van der Waals surface area (Å²) >= 11 is 0. The zero-order valence-electron chi connectivity index (χ0n) is 14.9. The molecule has 0 aliphatic carbocycles. The van der Waals surface area contributed by atoms with Crippen LogP contribution in [0.2, 0.25) is 0 Å². The molecule has 2 aromatic rings. The quantitative estimate of drug-likeness (QED) is 0.872. The van der Waals surface area contributed by atoms with Crippen LogP contribution in [-0.2, 0) is 29.7 Å². The van der Waals surface area contributed by atoms with Gasteiger partial charge in [0.25, 0.3) is 0 Å². The van der Waals surface area contributed by atoms with E-state index in [0.717, 1.165) is 11.4 Å². The largest absolute Gasteiger partial charge is 0.332 e. The summed E-state index contributed by atoms with van der Waals surface area (Å²) < 4.78 is 26.9. The van der Waals surface area contributed by atoms with E-state index in [9.17, 15) is 13.2 Å². The fraction of sp³-hybridized carbons (Fsp3) is 0.412. The first kappa shape index (κ1) is 18.4. The molecule has 0 saturated carbocycles. The molecule has 0 bridgehead atoms. The molecule has 3 rings (SSSR count). The predicted molar refractivity (Wildman–Crippen MR) is 99.2 cm³/mol. The van der Waals surface area contributed by atoms with Crippen LogP contribution in [0.15, 0.2) is 36.4 Å². The number of fused-ring (bicyclic) bond motifs is 1. The van der Waals surface area contributed by atoms with Gasteiger partial charge in [0.15, 0.2) is 0 Å². The summed E-state index contributed by atoms with van der Waals surface area (Å²) in [6, 6.07) is 11.0. The Balaban J connectivity index is 1.64. The van der Waals surface area contributed by atoms with E-state index in [1.807, 2.05) is 41.1 Å². The Bertz CT molecular complexity index is 879. The number of nitrogens with one attached hydrogen (secondary N) is 1. The highest BCUT2D eigenvalue weighted by Crippen LogP contribution is 2.16. The number of aromatic nitrogens is 2. The van der Waals surface area contributed by atoms with E-state index in [-0.39, 0.29) is 12.6 Å². The summed E-state index contributed by atoms with van der Waals surface area (Å²) in [5.74, 6) is 0. The Hall–Kier alpha value is -2.39. The maximum Gasteiger partial charge on any atom is 0.321 e. The third-order valence-corrected chi connectivity index (χ3v) is 5.62. The number of urea groups is 1. The minimum atomic E-state index is -3.23. The fourth-order valence-electron chi connectivity index (χ4n) is 2.92. The number of anilines is 1. The molecule has 0 atom stereocenters. The molecule has 0 spiro atoms. The van der Waals surface area contributed by atoms with Gasteiger partial charge in [-0.25, -0.2) is 13.2 Å². The number of hydrogen-bond donors (Lipinski definition) is 1. The Kier molecular flexibility index (Phi) is 5.28. The molecule has 0 radical (unpaired) electrons. The molecule has 0 fully saturated rings. The second kappa shape index (κ2) is 7.46. The number of para-hydroxylation sites is 1. The monoisotopic (exact) mass is 377 g/mol. The van der Waals surface area contributed by atoms with Gasteiger partial charge in [0.05, 0.1) is 30.7 Å². The van der Waals surface area contributed by atoms with Crippen molar-refractivity contribution < 1.29 is 13.2 Å². The van der Waals surface area contributed by atoms with Crippen molar-refractivity contribution >= 4 is 21.7 Å². The number of carbonyl (C=O) groups excluding carboxylic acids is 1. The van der Waals surface area contributed by atoms with Crippen LogP contribution in [0.3, 0.4) is 0 Å². The van der Waals surface area contributed by atoms with Crippen LogP contribution in [-0.4, -0.2) is 48.4 Å². The van der Waals surface area contributed by atoms with E-state index in [0.29, 0.717) is 31.7 Å². The van der Waals surface area contributed by atoms with Crippen LogP contribution >= 0.6 is 0 Å². The standard InChI is InChI=1S/C17H23N5O3S/c1-20(15-7-4-3-5-8-15)17(23)18-12-14-11-16-13-21(26(2,24)25)9-6-10-22(16)19-14/h3-5,7-8,11H,6,9-10,12-13H2,1-2H3,(H,18,23). The lowest BCUT2D eigenvalue weighted by Crippen LogP contribution is -2.36. The molecule has 9 heteroatoms. The molecule has 1 aromatic heterocycles. The van der Waals surface area contributed by atoms with Crippen molar-refractivity contribution in [2.24, 2.45) is 0 Å². The van der Waals surface area contributed by atoms with Crippen LogP contribution < -0.4 is 10.2 Å². The number of rotatable bonds is 4. The molecule has 8 nitrogen and oxygen atoms in total. The van der Waals surface area contributed by atoms with Crippen LogP contribution in [0.5, 0.6) is 0 Å². The highest BCUT2D eigenvalue weighted by atomic mass is 32.2. The molecule has 1 N–H and O–H groups in total. The Morgan fingerprint density at radius 2 is 2.00 bits per heavy atom. The second-order valence-electron chi connectivity index (χ2n) is 6.35. The van der Waals surface area contributed by atoms with E-state index in [1.165, 1.54) is 15.5 Å². The maximum absolute atomic E-state index is 12.3. The van der Waals surface area contributed by atoms with E-state index >= 15 is 0 Å². The first-order valence-corrected chi connectivity index (χ1v) is 10.3. The zero-order chi connectivity index (χ0) is 18.7. The molecule has 26 heavy (non-hydrogen) atoms. The van der Waals surface area contributed by atoms with E-state index in [4.69, 9.17) is 0 Å². The highest BCUT2D eigenvalue weighted by molar-refractivity contribution is 7.88. The number of amides is 2. The molecule has 1 aromatic carbocycles. The average molecular weight is 377 g/mol. The summed E-state index contributed by atoms with van der Waals surface area (Å²) in [5.41, 5.74) is 2.35. The van der Waals surface area contributed by atoms with Crippen LogP contribution in [0.25, 0.3) is 0 Å². The van der Waals surface area contributed by atoms with Gasteiger partial charge in [-0.3, -0.25) is 9.58 Å². The van der Waals surface area contributed by atoms with Crippen molar-refractivity contribution in [2.45, 2.75) is 26.1 Å². The average Bonchev–Trinajstić information content (AvgIpc) is 2.88. The maximum atomic E-state index is 12.3. The topological polar surface area (TPSA) is 87.5 Å². The number of hydrogen-bond acceptors (Lipinski definition) is 4. The minimum Gasteiger partial charge on any atom is -0.332 e.